The van der Waals surface area contributed by atoms with E-state index in [0.29, 0.717) is 18.4 Å². The number of aliphatic hydroxyl groups is 1. The molecule has 1 saturated heterocycles. The van der Waals surface area contributed by atoms with Crippen molar-refractivity contribution in [2.45, 2.75) is 44.3 Å². The zero-order valence-electron chi connectivity index (χ0n) is 16.0. The molecule has 27 heavy (non-hydrogen) atoms. The van der Waals surface area contributed by atoms with Gasteiger partial charge in [-0.2, -0.15) is 0 Å². The second kappa shape index (κ2) is 8.03. The van der Waals surface area contributed by atoms with Crippen LogP contribution in [0, 0.1) is 11.8 Å². The minimum atomic E-state index is -0.392. The summed E-state index contributed by atoms with van der Waals surface area (Å²) < 4.78 is 11.3. The third-order valence-corrected chi connectivity index (χ3v) is 6.35. The van der Waals surface area contributed by atoms with E-state index in [1.165, 1.54) is 19.3 Å². The van der Waals surface area contributed by atoms with E-state index in [4.69, 9.17) is 9.47 Å². The Hall–Kier alpha value is -1.85. The third-order valence-electron chi connectivity index (χ3n) is 6.35. The monoisotopic (exact) mass is 371 g/mol. The molecule has 1 aromatic rings. The number of hydrogen-bond donors (Lipinski definition) is 1. The summed E-state index contributed by atoms with van der Waals surface area (Å²) in [5.41, 5.74) is 1.49. The van der Waals surface area contributed by atoms with Gasteiger partial charge in [-0.25, -0.2) is 0 Å². The van der Waals surface area contributed by atoms with E-state index in [0.717, 1.165) is 30.9 Å². The van der Waals surface area contributed by atoms with Crippen LogP contribution in [-0.2, 0) is 9.53 Å². The molecule has 146 valence electrons. The number of hydrogen-bond acceptors (Lipinski definition) is 5. The lowest BCUT2D eigenvalue weighted by atomic mass is 9.72. The van der Waals surface area contributed by atoms with E-state index >= 15 is 0 Å². The fourth-order valence-corrected chi connectivity index (χ4v) is 4.77. The van der Waals surface area contributed by atoms with Crippen LogP contribution >= 0.6 is 0 Å². The largest absolute Gasteiger partial charge is 0.497 e. The van der Waals surface area contributed by atoms with Gasteiger partial charge in [0.05, 0.1) is 31.0 Å². The van der Waals surface area contributed by atoms with Crippen LogP contribution in [0.25, 0.3) is 5.57 Å². The Bertz CT molecular complexity index is 693. The van der Waals surface area contributed by atoms with Gasteiger partial charge in [-0.15, -0.1) is 0 Å². The SMILES string of the molecule is COc1ccc(C2=COC3C(CCC(O)C3CN3CCCCC3)C2=O)cc1. The number of likely N-dealkylation sites (tertiary alicyclic amines) is 1. The number of piperidine rings is 1. The molecule has 4 rings (SSSR count). The molecule has 5 nitrogen and oxygen atoms in total. The molecular weight excluding hydrogens is 342 g/mol. The molecule has 0 spiro atoms. The second-order valence-corrected chi connectivity index (χ2v) is 8.00. The molecule has 2 fully saturated rings. The number of aliphatic hydroxyl groups excluding tert-OH is 1. The Kier molecular flexibility index (Phi) is 5.50. The van der Waals surface area contributed by atoms with Crippen LogP contribution in [0.5, 0.6) is 5.75 Å². The lowest BCUT2D eigenvalue weighted by Crippen LogP contribution is -2.52. The highest BCUT2D eigenvalue weighted by Gasteiger charge is 2.46. The number of carbonyl (C=O) groups is 1. The van der Waals surface area contributed by atoms with Crippen LogP contribution in [0.4, 0.5) is 0 Å². The lowest BCUT2D eigenvalue weighted by Gasteiger charge is -2.44. The van der Waals surface area contributed by atoms with Crippen LogP contribution in [0.3, 0.4) is 0 Å². The Labute approximate surface area is 161 Å². The van der Waals surface area contributed by atoms with Gasteiger partial charge >= 0.3 is 0 Å². The topological polar surface area (TPSA) is 59.0 Å². The molecule has 2 heterocycles. The van der Waals surface area contributed by atoms with Crippen LogP contribution in [-0.4, -0.2) is 54.7 Å². The molecule has 0 aromatic heterocycles. The summed E-state index contributed by atoms with van der Waals surface area (Å²) in [6, 6.07) is 7.52. The molecule has 5 heteroatoms. The van der Waals surface area contributed by atoms with Gasteiger partial charge in [-0.1, -0.05) is 18.6 Å². The van der Waals surface area contributed by atoms with E-state index in [-0.39, 0.29) is 23.7 Å². The molecule has 4 unspecified atom stereocenters. The number of ketones is 1. The number of carbonyl (C=O) groups excluding carboxylic acids is 1. The Balaban J connectivity index is 1.53. The predicted octanol–water partition coefficient (Wildman–Crippen LogP) is 2.88. The highest BCUT2D eigenvalue weighted by molar-refractivity contribution is 6.22. The number of allylic oxidation sites excluding steroid dienone is 1. The summed E-state index contributed by atoms with van der Waals surface area (Å²) in [6.45, 7) is 2.99. The third kappa shape index (κ3) is 3.76. The fourth-order valence-electron chi connectivity index (χ4n) is 4.77. The number of nitrogens with zero attached hydrogens (tertiary/aromatic N) is 1. The Morgan fingerprint density at radius 2 is 1.89 bits per heavy atom. The summed E-state index contributed by atoms with van der Waals surface area (Å²) >= 11 is 0. The predicted molar refractivity (Wildman–Crippen MR) is 103 cm³/mol. The van der Waals surface area contributed by atoms with Crippen LogP contribution < -0.4 is 4.74 Å². The first-order valence-electron chi connectivity index (χ1n) is 10.1. The number of methoxy groups -OCH3 is 1. The minimum Gasteiger partial charge on any atom is -0.497 e. The standard InChI is InChI=1S/C22H29NO4/c1-26-16-7-5-15(6-8-16)19-14-27-22-17(21(19)25)9-10-20(24)18(22)13-23-11-3-2-4-12-23/h5-8,14,17-18,20,22,24H,2-4,9-13H2,1H3. The van der Waals surface area contributed by atoms with Crippen LogP contribution in [0.15, 0.2) is 30.5 Å². The maximum atomic E-state index is 13.2. The molecule has 2 aliphatic heterocycles. The van der Waals surface area contributed by atoms with Gasteiger partial charge in [-0.3, -0.25) is 4.79 Å². The van der Waals surface area contributed by atoms with Gasteiger partial charge in [-0.05, 0) is 56.5 Å². The quantitative estimate of drug-likeness (QED) is 0.882. The van der Waals surface area contributed by atoms with Crippen molar-refractivity contribution in [2.75, 3.05) is 26.7 Å². The van der Waals surface area contributed by atoms with Crippen molar-refractivity contribution in [2.24, 2.45) is 11.8 Å². The van der Waals surface area contributed by atoms with Crippen molar-refractivity contribution in [3.63, 3.8) is 0 Å². The maximum absolute atomic E-state index is 13.2. The number of benzene rings is 1. The molecule has 1 aromatic carbocycles. The van der Waals surface area contributed by atoms with Gasteiger partial charge in [0.1, 0.15) is 11.9 Å². The van der Waals surface area contributed by atoms with Gasteiger partial charge in [0.2, 0.25) is 0 Å². The highest BCUT2D eigenvalue weighted by Crippen LogP contribution is 2.40. The maximum Gasteiger partial charge on any atom is 0.173 e. The van der Waals surface area contributed by atoms with Crippen LogP contribution in [0.1, 0.15) is 37.7 Å². The molecular formula is C22H29NO4. The normalized spacial score (nSPS) is 31.6. The zero-order chi connectivity index (χ0) is 18.8. The first kappa shape index (κ1) is 18.5. The van der Waals surface area contributed by atoms with E-state index in [9.17, 15) is 9.90 Å². The van der Waals surface area contributed by atoms with Gasteiger partial charge in [0, 0.05) is 12.5 Å². The van der Waals surface area contributed by atoms with E-state index in [1.807, 2.05) is 24.3 Å². The van der Waals surface area contributed by atoms with Crippen molar-refractivity contribution < 1.29 is 19.4 Å². The van der Waals surface area contributed by atoms with Crippen molar-refractivity contribution in [1.82, 2.24) is 4.90 Å². The summed E-state index contributed by atoms with van der Waals surface area (Å²) in [5, 5.41) is 10.6. The van der Waals surface area contributed by atoms with Gasteiger partial charge in [0.15, 0.2) is 5.78 Å². The molecule has 4 atom stereocenters. The second-order valence-electron chi connectivity index (χ2n) is 8.00. The summed E-state index contributed by atoms with van der Waals surface area (Å²) in [4.78, 5) is 15.6. The minimum absolute atomic E-state index is 0.000493. The summed E-state index contributed by atoms with van der Waals surface area (Å²) in [6.07, 6.45) is 6.10. The van der Waals surface area contributed by atoms with E-state index in [2.05, 4.69) is 4.90 Å². The molecule has 0 amide bonds. The van der Waals surface area contributed by atoms with Crippen molar-refractivity contribution in [3.05, 3.63) is 36.1 Å². The number of rotatable bonds is 4. The number of ether oxygens (including phenoxy) is 2. The summed E-state index contributed by atoms with van der Waals surface area (Å²) in [7, 11) is 1.63. The first-order chi connectivity index (χ1) is 13.2. The van der Waals surface area contributed by atoms with Crippen LogP contribution in [0.2, 0.25) is 0 Å². The molecule has 1 aliphatic carbocycles. The number of Topliss-reactive ketones (excluding diaryl/α,β-unsaturated/α-hetero) is 1. The smallest absolute Gasteiger partial charge is 0.173 e. The highest BCUT2D eigenvalue weighted by atomic mass is 16.5. The molecule has 0 bridgehead atoms. The average Bonchev–Trinajstić information content (AvgIpc) is 2.71. The molecule has 3 aliphatic rings. The molecule has 1 saturated carbocycles. The van der Waals surface area contributed by atoms with E-state index < -0.39 is 6.10 Å². The summed E-state index contributed by atoms with van der Waals surface area (Å²) in [5.74, 6) is 0.750. The Morgan fingerprint density at radius 1 is 1.15 bits per heavy atom. The average molecular weight is 371 g/mol. The van der Waals surface area contributed by atoms with Gasteiger partial charge < -0.3 is 19.5 Å². The van der Waals surface area contributed by atoms with E-state index in [1.54, 1.807) is 13.4 Å². The van der Waals surface area contributed by atoms with Crippen molar-refractivity contribution >= 4 is 11.4 Å². The molecule has 0 radical (unpaired) electrons. The number of fused-ring (bicyclic) bond motifs is 1. The fraction of sp³-hybridized carbons (Fsp3) is 0.591. The van der Waals surface area contributed by atoms with Gasteiger partial charge in [0.25, 0.3) is 0 Å². The van der Waals surface area contributed by atoms with Crippen molar-refractivity contribution in [3.8, 4) is 5.75 Å². The van der Waals surface area contributed by atoms with Crippen molar-refractivity contribution in [1.29, 1.82) is 0 Å². The molecule has 1 N–H and O–H groups in total. The zero-order valence-corrected chi connectivity index (χ0v) is 16.0. The Morgan fingerprint density at radius 3 is 2.59 bits per heavy atom. The lowest BCUT2D eigenvalue weighted by molar-refractivity contribution is -0.133. The first-order valence-corrected chi connectivity index (χ1v) is 10.1.